The maximum Gasteiger partial charge on any atom is 0.122 e. The van der Waals surface area contributed by atoms with E-state index in [0.717, 1.165) is 43.6 Å². The molecule has 1 atom stereocenters. The van der Waals surface area contributed by atoms with Gasteiger partial charge in [0.1, 0.15) is 5.75 Å². The molecule has 0 spiro atoms. The van der Waals surface area contributed by atoms with Gasteiger partial charge >= 0.3 is 0 Å². The molecule has 116 valence electrons. The van der Waals surface area contributed by atoms with E-state index in [4.69, 9.17) is 11.5 Å². The molecule has 5 heteroatoms. The minimum Gasteiger partial charge on any atom is -0.508 e. The van der Waals surface area contributed by atoms with E-state index in [1.54, 1.807) is 0 Å². The van der Waals surface area contributed by atoms with Crippen molar-refractivity contribution in [2.75, 3.05) is 24.5 Å². The fraction of sp³-hybridized carbons (Fsp3) is 0.600. The van der Waals surface area contributed by atoms with Crippen LogP contribution in [0.3, 0.4) is 0 Å². The molecule has 0 saturated carbocycles. The van der Waals surface area contributed by atoms with Crippen LogP contribution in [-0.4, -0.2) is 24.7 Å². The molecule has 1 rings (SSSR count). The number of anilines is 1. The lowest BCUT2D eigenvalue weighted by atomic mass is 10.0. The summed E-state index contributed by atoms with van der Waals surface area (Å²) in [6.07, 6.45) is 2.83. The third-order valence-corrected chi connectivity index (χ3v) is 3.51. The number of nitrogens with two attached hydrogens (primary N) is 2. The van der Waals surface area contributed by atoms with Gasteiger partial charge in [0.25, 0.3) is 0 Å². The zero-order chi connectivity index (χ0) is 14.3. The van der Waals surface area contributed by atoms with Gasteiger partial charge in [-0.3, -0.25) is 0 Å². The lowest BCUT2D eigenvalue weighted by molar-refractivity contribution is 0.456. The van der Waals surface area contributed by atoms with Gasteiger partial charge in [0.15, 0.2) is 0 Å². The van der Waals surface area contributed by atoms with E-state index in [9.17, 15) is 5.11 Å². The van der Waals surface area contributed by atoms with E-state index in [-0.39, 0.29) is 18.4 Å². The Labute approximate surface area is 128 Å². The summed E-state index contributed by atoms with van der Waals surface area (Å²) >= 11 is 0. The lowest BCUT2D eigenvalue weighted by Gasteiger charge is -2.22. The van der Waals surface area contributed by atoms with E-state index < -0.39 is 0 Å². The Morgan fingerprint density at radius 3 is 2.35 bits per heavy atom. The predicted octanol–water partition coefficient (Wildman–Crippen LogP) is 2.79. The SMILES string of the molecule is CCN(CC)c1ccc([C@H](N)CCCCN)c(O)c1.Cl. The summed E-state index contributed by atoms with van der Waals surface area (Å²) in [7, 11) is 0. The van der Waals surface area contributed by atoms with Gasteiger partial charge in [-0.15, -0.1) is 12.4 Å². The van der Waals surface area contributed by atoms with E-state index in [2.05, 4.69) is 18.7 Å². The average Bonchev–Trinajstić information content (AvgIpc) is 2.40. The number of phenolic OH excluding ortho intramolecular Hbond substituents is 1. The van der Waals surface area contributed by atoms with Crippen LogP contribution in [0, 0.1) is 0 Å². The first-order chi connectivity index (χ1) is 9.13. The summed E-state index contributed by atoms with van der Waals surface area (Å²) in [4.78, 5) is 2.20. The van der Waals surface area contributed by atoms with Crippen molar-refractivity contribution in [3.63, 3.8) is 0 Å². The topological polar surface area (TPSA) is 75.5 Å². The van der Waals surface area contributed by atoms with Crippen LogP contribution in [0.1, 0.15) is 44.7 Å². The number of phenols is 1. The number of nitrogens with zero attached hydrogens (tertiary/aromatic N) is 1. The van der Waals surface area contributed by atoms with Gasteiger partial charge in [-0.25, -0.2) is 0 Å². The summed E-state index contributed by atoms with van der Waals surface area (Å²) in [6, 6.07) is 5.67. The first-order valence-electron chi connectivity index (χ1n) is 7.17. The van der Waals surface area contributed by atoms with E-state index in [1.807, 2.05) is 18.2 Å². The zero-order valence-corrected chi connectivity index (χ0v) is 13.3. The normalized spacial score (nSPS) is 11.8. The average molecular weight is 302 g/mol. The van der Waals surface area contributed by atoms with Crippen LogP contribution >= 0.6 is 12.4 Å². The molecule has 5 N–H and O–H groups in total. The molecule has 0 amide bonds. The highest BCUT2D eigenvalue weighted by Gasteiger charge is 2.12. The van der Waals surface area contributed by atoms with Gasteiger partial charge in [0.2, 0.25) is 0 Å². The Balaban J connectivity index is 0.00000361. The van der Waals surface area contributed by atoms with Gasteiger partial charge in [0, 0.05) is 36.4 Å². The van der Waals surface area contributed by atoms with Crippen LogP contribution in [-0.2, 0) is 0 Å². The fourth-order valence-electron chi connectivity index (χ4n) is 2.30. The highest BCUT2D eigenvalue weighted by Crippen LogP contribution is 2.30. The molecule has 0 aliphatic rings. The molecule has 0 aliphatic heterocycles. The molecule has 1 aromatic carbocycles. The Morgan fingerprint density at radius 2 is 1.85 bits per heavy atom. The summed E-state index contributed by atoms with van der Waals surface area (Å²) in [6.45, 7) is 6.76. The number of halogens is 1. The number of unbranched alkanes of at least 4 members (excludes halogenated alkanes) is 1. The van der Waals surface area contributed by atoms with Crippen molar-refractivity contribution >= 4 is 18.1 Å². The second-order valence-corrected chi connectivity index (χ2v) is 4.81. The molecule has 0 unspecified atom stereocenters. The third kappa shape index (κ3) is 5.19. The van der Waals surface area contributed by atoms with Gasteiger partial charge in [-0.2, -0.15) is 0 Å². The molecule has 0 heterocycles. The molecular weight excluding hydrogens is 274 g/mol. The molecule has 0 aromatic heterocycles. The van der Waals surface area contributed by atoms with Crippen LogP contribution in [0.25, 0.3) is 0 Å². The molecular formula is C15H28ClN3O. The Bertz CT molecular complexity index is 383. The Morgan fingerprint density at radius 1 is 1.20 bits per heavy atom. The van der Waals surface area contributed by atoms with E-state index in [1.165, 1.54) is 0 Å². The fourth-order valence-corrected chi connectivity index (χ4v) is 2.30. The van der Waals surface area contributed by atoms with Crippen molar-refractivity contribution in [1.29, 1.82) is 0 Å². The molecule has 0 bridgehead atoms. The van der Waals surface area contributed by atoms with Crippen molar-refractivity contribution in [1.82, 2.24) is 0 Å². The molecule has 0 fully saturated rings. The third-order valence-electron chi connectivity index (χ3n) is 3.51. The van der Waals surface area contributed by atoms with Gasteiger partial charge < -0.3 is 21.5 Å². The van der Waals surface area contributed by atoms with E-state index >= 15 is 0 Å². The molecule has 20 heavy (non-hydrogen) atoms. The Kier molecular flexibility index (Phi) is 9.38. The molecule has 4 nitrogen and oxygen atoms in total. The first kappa shape index (κ1) is 19.0. The standard InChI is InChI=1S/C15H27N3O.ClH/c1-3-18(4-2)12-8-9-13(15(19)11-12)14(17)7-5-6-10-16;/h8-9,11,14,19H,3-7,10,16-17H2,1-2H3;1H/t14-;/m1./s1. The second-order valence-electron chi connectivity index (χ2n) is 4.81. The predicted molar refractivity (Wildman–Crippen MR) is 88.7 cm³/mol. The van der Waals surface area contributed by atoms with Crippen LogP contribution in [0.5, 0.6) is 5.75 Å². The van der Waals surface area contributed by atoms with Crippen LogP contribution < -0.4 is 16.4 Å². The maximum absolute atomic E-state index is 10.1. The van der Waals surface area contributed by atoms with Crippen LogP contribution in [0.4, 0.5) is 5.69 Å². The van der Waals surface area contributed by atoms with E-state index in [0.29, 0.717) is 12.3 Å². The Hall–Kier alpha value is -0.970. The largest absolute Gasteiger partial charge is 0.508 e. The summed E-state index contributed by atoms with van der Waals surface area (Å²) in [5, 5.41) is 10.1. The van der Waals surface area contributed by atoms with Gasteiger partial charge in [-0.1, -0.05) is 12.5 Å². The quantitative estimate of drug-likeness (QED) is 0.645. The molecule has 1 aromatic rings. The van der Waals surface area contributed by atoms with Crippen LogP contribution in [0.15, 0.2) is 18.2 Å². The van der Waals surface area contributed by atoms with Gasteiger partial charge in [0.05, 0.1) is 0 Å². The number of hydrogen-bond acceptors (Lipinski definition) is 4. The van der Waals surface area contributed by atoms with Crippen molar-refractivity contribution < 1.29 is 5.11 Å². The van der Waals surface area contributed by atoms with Gasteiger partial charge in [-0.05, 0) is 39.3 Å². The summed E-state index contributed by atoms with van der Waals surface area (Å²) < 4.78 is 0. The number of aromatic hydroxyl groups is 1. The number of rotatable bonds is 8. The first-order valence-corrected chi connectivity index (χ1v) is 7.17. The van der Waals surface area contributed by atoms with Crippen molar-refractivity contribution in [3.05, 3.63) is 23.8 Å². The monoisotopic (exact) mass is 301 g/mol. The minimum atomic E-state index is -0.114. The van der Waals surface area contributed by atoms with Crippen molar-refractivity contribution in [2.24, 2.45) is 11.5 Å². The van der Waals surface area contributed by atoms with Crippen molar-refractivity contribution in [2.45, 2.75) is 39.2 Å². The molecule has 0 radical (unpaired) electrons. The van der Waals surface area contributed by atoms with Crippen LogP contribution in [0.2, 0.25) is 0 Å². The number of benzene rings is 1. The zero-order valence-electron chi connectivity index (χ0n) is 12.5. The smallest absolute Gasteiger partial charge is 0.122 e. The molecule has 0 saturated heterocycles. The summed E-state index contributed by atoms with van der Waals surface area (Å²) in [5.41, 5.74) is 13.5. The second kappa shape index (κ2) is 9.86. The minimum absolute atomic E-state index is 0. The highest BCUT2D eigenvalue weighted by atomic mass is 35.5. The molecule has 0 aliphatic carbocycles. The maximum atomic E-state index is 10.1. The lowest BCUT2D eigenvalue weighted by Crippen LogP contribution is -2.21. The summed E-state index contributed by atoms with van der Waals surface area (Å²) in [5.74, 6) is 0.296. The highest BCUT2D eigenvalue weighted by molar-refractivity contribution is 5.85. The van der Waals surface area contributed by atoms with Crippen molar-refractivity contribution in [3.8, 4) is 5.75 Å². The number of hydrogen-bond donors (Lipinski definition) is 3.